The smallest absolute Gasteiger partial charge is 0.137 e. The zero-order chi connectivity index (χ0) is 16.1. The molecule has 2 aromatic carbocycles. The Kier molecular flexibility index (Phi) is 5.42. The summed E-state index contributed by atoms with van der Waals surface area (Å²) >= 11 is 6.21. The van der Waals surface area contributed by atoms with Crippen LogP contribution in [0.25, 0.3) is 0 Å². The molecule has 1 N–H and O–H groups in total. The van der Waals surface area contributed by atoms with Crippen molar-refractivity contribution in [1.82, 2.24) is 4.90 Å². The first kappa shape index (κ1) is 16.2. The number of ether oxygens (including phenoxy) is 1. The Morgan fingerprint density at radius 2 is 1.87 bits per heavy atom. The third-order valence-electron chi connectivity index (χ3n) is 4.42. The predicted octanol–water partition coefficient (Wildman–Crippen LogP) is 4.60. The van der Waals surface area contributed by atoms with Gasteiger partial charge in [0, 0.05) is 12.2 Å². The summed E-state index contributed by atoms with van der Waals surface area (Å²) in [6, 6.07) is 16.9. The fourth-order valence-corrected chi connectivity index (χ4v) is 3.43. The van der Waals surface area contributed by atoms with Crippen LogP contribution >= 0.6 is 11.6 Å². The molecule has 122 valence electrons. The van der Waals surface area contributed by atoms with Crippen molar-refractivity contribution in [3.8, 4) is 5.75 Å². The maximum Gasteiger partial charge on any atom is 0.137 e. The van der Waals surface area contributed by atoms with Gasteiger partial charge in [0.2, 0.25) is 0 Å². The van der Waals surface area contributed by atoms with E-state index in [0.29, 0.717) is 16.8 Å². The number of likely N-dealkylation sites (tertiary alicyclic amines) is 1. The number of rotatable bonds is 6. The molecule has 1 fully saturated rings. The Morgan fingerprint density at radius 3 is 2.52 bits per heavy atom. The van der Waals surface area contributed by atoms with Crippen LogP contribution in [-0.4, -0.2) is 31.6 Å². The van der Waals surface area contributed by atoms with E-state index in [1.54, 1.807) is 7.11 Å². The van der Waals surface area contributed by atoms with Gasteiger partial charge in [0.1, 0.15) is 5.75 Å². The van der Waals surface area contributed by atoms with Gasteiger partial charge < -0.3 is 10.1 Å². The molecule has 4 heteroatoms. The third kappa shape index (κ3) is 3.98. The lowest BCUT2D eigenvalue weighted by atomic mass is 10.1. The van der Waals surface area contributed by atoms with Crippen LogP contribution in [0.15, 0.2) is 48.5 Å². The number of benzene rings is 2. The van der Waals surface area contributed by atoms with E-state index >= 15 is 0 Å². The highest BCUT2D eigenvalue weighted by molar-refractivity contribution is 6.32. The molecule has 1 saturated heterocycles. The standard InChI is InChI=1S/C19H23ClN2O/c1-23-19-10-9-16(13-17(19)20)21-14-18(22-11-5-6-12-22)15-7-3-2-4-8-15/h2-4,7-10,13,18,21H,5-6,11-12,14H2,1H3. The maximum atomic E-state index is 6.21. The lowest BCUT2D eigenvalue weighted by Crippen LogP contribution is -2.31. The van der Waals surface area contributed by atoms with Crippen molar-refractivity contribution < 1.29 is 4.74 Å². The second-order valence-corrected chi connectivity index (χ2v) is 6.31. The van der Waals surface area contributed by atoms with Crippen molar-refractivity contribution in [2.45, 2.75) is 18.9 Å². The van der Waals surface area contributed by atoms with Crippen LogP contribution < -0.4 is 10.1 Å². The van der Waals surface area contributed by atoms with Crippen LogP contribution in [0.5, 0.6) is 5.75 Å². The molecule has 0 aromatic heterocycles. The quantitative estimate of drug-likeness (QED) is 0.837. The van der Waals surface area contributed by atoms with Gasteiger partial charge in [-0.2, -0.15) is 0 Å². The normalized spacial score (nSPS) is 16.3. The molecular weight excluding hydrogens is 308 g/mol. The molecule has 0 amide bonds. The molecule has 3 rings (SSSR count). The van der Waals surface area contributed by atoms with E-state index < -0.39 is 0 Å². The maximum absolute atomic E-state index is 6.21. The lowest BCUT2D eigenvalue weighted by Gasteiger charge is -2.28. The Balaban J connectivity index is 1.72. The SMILES string of the molecule is COc1ccc(NCC(c2ccccc2)N2CCCC2)cc1Cl. The molecule has 3 nitrogen and oxygen atoms in total. The van der Waals surface area contributed by atoms with E-state index in [2.05, 4.69) is 40.5 Å². The minimum atomic E-state index is 0.388. The zero-order valence-electron chi connectivity index (χ0n) is 13.5. The van der Waals surface area contributed by atoms with E-state index in [1.165, 1.54) is 31.5 Å². The van der Waals surface area contributed by atoms with E-state index in [9.17, 15) is 0 Å². The van der Waals surface area contributed by atoms with E-state index in [-0.39, 0.29) is 0 Å². The summed E-state index contributed by atoms with van der Waals surface area (Å²) in [7, 11) is 1.63. The van der Waals surface area contributed by atoms with Gasteiger partial charge in [0.15, 0.2) is 0 Å². The molecule has 1 aliphatic rings. The average Bonchev–Trinajstić information content (AvgIpc) is 3.10. The summed E-state index contributed by atoms with van der Waals surface area (Å²) in [6.07, 6.45) is 2.58. The monoisotopic (exact) mass is 330 g/mol. The summed E-state index contributed by atoms with van der Waals surface area (Å²) in [5.74, 6) is 0.705. The first-order valence-electron chi connectivity index (χ1n) is 8.14. The fourth-order valence-electron chi connectivity index (χ4n) is 3.18. The van der Waals surface area contributed by atoms with Crippen LogP contribution in [0.3, 0.4) is 0 Å². The number of nitrogens with one attached hydrogen (secondary N) is 1. The van der Waals surface area contributed by atoms with Crippen LogP contribution in [0.1, 0.15) is 24.4 Å². The highest BCUT2D eigenvalue weighted by Gasteiger charge is 2.23. The Bertz CT molecular complexity index is 627. The number of halogens is 1. The topological polar surface area (TPSA) is 24.5 Å². The summed E-state index contributed by atoms with van der Waals surface area (Å²) in [5.41, 5.74) is 2.39. The van der Waals surface area contributed by atoms with Gasteiger partial charge in [-0.05, 0) is 49.7 Å². The van der Waals surface area contributed by atoms with Crippen molar-refractivity contribution in [2.75, 3.05) is 32.1 Å². The second-order valence-electron chi connectivity index (χ2n) is 5.90. The summed E-state index contributed by atoms with van der Waals surface area (Å²) in [6.45, 7) is 3.21. The Morgan fingerprint density at radius 1 is 1.13 bits per heavy atom. The Labute approximate surface area is 143 Å². The van der Waals surface area contributed by atoms with Crippen molar-refractivity contribution in [3.63, 3.8) is 0 Å². The van der Waals surface area contributed by atoms with Crippen LogP contribution in [0, 0.1) is 0 Å². The van der Waals surface area contributed by atoms with Gasteiger partial charge in [0.25, 0.3) is 0 Å². The van der Waals surface area contributed by atoms with Crippen molar-refractivity contribution in [2.24, 2.45) is 0 Å². The number of anilines is 1. The van der Waals surface area contributed by atoms with Crippen molar-refractivity contribution in [1.29, 1.82) is 0 Å². The highest BCUT2D eigenvalue weighted by atomic mass is 35.5. The summed E-state index contributed by atoms with van der Waals surface area (Å²) in [5, 5.41) is 4.16. The lowest BCUT2D eigenvalue weighted by molar-refractivity contribution is 0.256. The molecule has 0 saturated carbocycles. The number of hydrogen-bond donors (Lipinski definition) is 1. The minimum Gasteiger partial charge on any atom is -0.495 e. The van der Waals surface area contributed by atoms with Crippen molar-refractivity contribution in [3.05, 3.63) is 59.1 Å². The first-order valence-corrected chi connectivity index (χ1v) is 8.52. The summed E-state index contributed by atoms with van der Waals surface area (Å²) in [4.78, 5) is 2.56. The van der Waals surface area contributed by atoms with Crippen LogP contribution in [0.2, 0.25) is 5.02 Å². The molecule has 1 unspecified atom stereocenters. The highest BCUT2D eigenvalue weighted by Crippen LogP contribution is 2.29. The third-order valence-corrected chi connectivity index (χ3v) is 4.71. The molecule has 23 heavy (non-hydrogen) atoms. The molecule has 1 aliphatic heterocycles. The van der Waals surface area contributed by atoms with Gasteiger partial charge in [0.05, 0.1) is 18.2 Å². The number of hydrogen-bond acceptors (Lipinski definition) is 3. The van der Waals surface area contributed by atoms with E-state index in [4.69, 9.17) is 16.3 Å². The average molecular weight is 331 g/mol. The number of nitrogens with zero attached hydrogens (tertiary/aromatic N) is 1. The molecule has 0 bridgehead atoms. The van der Waals surface area contributed by atoms with E-state index in [0.717, 1.165) is 12.2 Å². The van der Waals surface area contributed by atoms with Gasteiger partial charge in [-0.1, -0.05) is 41.9 Å². The first-order chi connectivity index (χ1) is 11.3. The Hall–Kier alpha value is -1.71. The molecular formula is C19H23ClN2O. The van der Waals surface area contributed by atoms with Gasteiger partial charge >= 0.3 is 0 Å². The molecule has 0 spiro atoms. The van der Waals surface area contributed by atoms with Crippen LogP contribution in [-0.2, 0) is 0 Å². The predicted molar refractivity (Wildman–Crippen MR) is 96.5 cm³/mol. The molecule has 0 radical (unpaired) electrons. The van der Waals surface area contributed by atoms with Gasteiger partial charge in [-0.25, -0.2) is 0 Å². The second kappa shape index (κ2) is 7.71. The molecule has 0 aliphatic carbocycles. The zero-order valence-corrected chi connectivity index (χ0v) is 14.2. The minimum absolute atomic E-state index is 0.388. The van der Waals surface area contributed by atoms with Gasteiger partial charge in [-0.3, -0.25) is 4.90 Å². The molecule has 1 atom stereocenters. The van der Waals surface area contributed by atoms with Crippen molar-refractivity contribution >= 4 is 17.3 Å². The van der Waals surface area contributed by atoms with E-state index in [1.807, 2.05) is 18.2 Å². The summed E-state index contributed by atoms with van der Waals surface area (Å²) < 4.78 is 5.21. The largest absolute Gasteiger partial charge is 0.495 e. The van der Waals surface area contributed by atoms with Gasteiger partial charge in [-0.15, -0.1) is 0 Å². The fraction of sp³-hybridized carbons (Fsp3) is 0.368. The number of methoxy groups -OCH3 is 1. The molecule has 2 aromatic rings. The molecule has 1 heterocycles. The van der Waals surface area contributed by atoms with Crippen LogP contribution in [0.4, 0.5) is 5.69 Å².